The van der Waals surface area contributed by atoms with Gasteiger partial charge in [0.1, 0.15) is 22.3 Å². The molecule has 0 bridgehead atoms. The number of ether oxygens (including phenoxy) is 2. The van der Waals surface area contributed by atoms with Crippen molar-refractivity contribution in [3.63, 3.8) is 0 Å². The van der Waals surface area contributed by atoms with Crippen LogP contribution in [0.25, 0.3) is 0 Å². The summed E-state index contributed by atoms with van der Waals surface area (Å²) >= 11 is 5.84. The lowest BCUT2D eigenvalue weighted by atomic mass is 10.2. The van der Waals surface area contributed by atoms with Crippen LogP contribution in [-0.2, 0) is 0 Å². The fourth-order valence-corrected chi connectivity index (χ4v) is 4.05. The molecule has 0 spiro atoms. The van der Waals surface area contributed by atoms with Gasteiger partial charge in [0.25, 0.3) is 11.6 Å². The number of carbonyl (C=O) groups excluding carboxylic acids is 2. The predicted octanol–water partition coefficient (Wildman–Crippen LogP) is 6.91. The number of nitro groups is 1. The molecule has 0 saturated heterocycles. The van der Waals surface area contributed by atoms with Crippen molar-refractivity contribution in [2.24, 2.45) is 0 Å². The van der Waals surface area contributed by atoms with Gasteiger partial charge in [-0.2, -0.15) is 0 Å². The average molecular weight is 575 g/mol. The minimum atomic E-state index is -0.644. The molecule has 0 heterocycles. The second-order valence-electron chi connectivity index (χ2n) is 8.75. The number of amides is 3. The Balaban J connectivity index is 1.43. The van der Waals surface area contributed by atoms with Gasteiger partial charge in [-0.15, -0.1) is 0 Å². The van der Waals surface area contributed by atoms with Crippen LogP contribution >= 0.6 is 11.6 Å². The van der Waals surface area contributed by atoms with Gasteiger partial charge in [0.05, 0.1) is 12.0 Å². The number of nitrogens with one attached hydrogen (secondary N) is 2. The fraction of sp³-hybridized carbons (Fsp3) is 0.133. The first-order valence-electron chi connectivity index (χ1n) is 12.6. The second-order valence-corrected chi connectivity index (χ2v) is 9.16. The maximum atomic E-state index is 13.3. The van der Waals surface area contributed by atoms with Gasteiger partial charge < -0.3 is 20.1 Å². The van der Waals surface area contributed by atoms with Crippen LogP contribution in [0.2, 0.25) is 5.02 Å². The van der Waals surface area contributed by atoms with Crippen LogP contribution < -0.4 is 25.0 Å². The summed E-state index contributed by atoms with van der Waals surface area (Å²) in [4.78, 5) is 37.9. The zero-order valence-corrected chi connectivity index (χ0v) is 22.8. The lowest BCUT2D eigenvalue weighted by Crippen LogP contribution is -2.37. The van der Waals surface area contributed by atoms with Crippen LogP contribution in [-0.4, -0.2) is 37.1 Å². The van der Waals surface area contributed by atoms with Crippen LogP contribution in [0.4, 0.5) is 21.9 Å². The van der Waals surface area contributed by atoms with E-state index < -0.39 is 10.8 Å². The van der Waals surface area contributed by atoms with Crippen LogP contribution in [0.15, 0.2) is 97.1 Å². The molecule has 0 aliphatic carbocycles. The maximum Gasteiger partial charge on any atom is 0.326 e. The third-order valence-electron chi connectivity index (χ3n) is 5.96. The molecular weight excluding hydrogens is 548 g/mol. The SMILES string of the molecule is COc1ccc(NC(=O)N(CCCNC(=O)c2ccc(Cl)c([N+](=O)[O-])c2)c2ccc(Oc3ccccc3)cc2)cc1. The molecule has 4 aromatic rings. The average Bonchev–Trinajstić information content (AvgIpc) is 2.98. The zero-order valence-electron chi connectivity index (χ0n) is 22.1. The first-order valence-corrected chi connectivity index (χ1v) is 13.0. The summed E-state index contributed by atoms with van der Waals surface area (Å²) in [5.41, 5.74) is 0.975. The van der Waals surface area contributed by atoms with E-state index in [1.54, 1.807) is 60.5 Å². The Morgan fingerprint density at radius 1 is 0.902 bits per heavy atom. The molecule has 2 N–H and O–H groups in total. The van der Waals surface area contributed by atoms with Crippen molar-refractivity contribution in [3.8, 4) is 17.2 Å². The minimum absolute atomic E-state index is 0.0507. The summed E-state index contributed by atoms with van der Waals surface area (Å²) in [6.45, 7) is 0.485. The van der Waals surface area contributed by atoms with Crippen LogP contribution in [0.3, 0.4) is 0 Å². The number of nitrogens with zero attached hydrogens (tertiary/aromatic N) is 2. The normalized spacial score (nSPS) is 10.4. The van der Waals surface area contributed by atoms with Gasteiger partial charge in [0.15, 0.2) is 0 Å². The highest BCUT2D eigenvalue weighted by Crippen LogP contribution is 2.26. The van der Waals surface area contributed by atoms with E-state index in [1.807, 2.05) is 30.3 Å². The van der Waals surface area contributed by atoms with E-state index in [1.165, 1.54) is 12.1 Å². The van der Waals surface area contributed by atoms with E-state index >= 15 is 0 Å². The van der Waals surface area contributed by atoms with Crippen LogP contribution in [0, 0.1) is 10.1 Å². The van der Waals surface area contributed by atoms with Gasteiger partial charge >= 0.3 is 6.03 Å². The van der Waals surface area contributed by atoms with Crippen molar-refractivity contribution >= 4 is 40.6 Å². The van der Waals surface area contributed by atoms with Crippen molar-refractivity contribution in [3.05, 3.63) is 118 Å². The number of methoxy groups -OCH3 is 1. The first-order chi connectivity index (χ1) is 19.8. The number of urea groups is 1. The number of nitro benzene ring substituents is 1. The quantitative estimate of drug-likeness (QED) is 0.114. The summed E-state index contributed by atoms with van der Waals surface area (Å²) < 4.78 is 11.0. The van der Waals surface area contributed by atoms with Crippen LogP contribution in [0.5, 0.6) is 17.2 Å². The molecule has 0 aromatic heterocycles. The number of carbonyl (C=O) groups is 2. The van der Waals surface area contributed by atoms with Crippen molar-refractivity contribution in [1.29, 1.82) is 0 Å². The Morgan fingerprint density at radius 2 is 1.56 bits per heavy atom. The van der Waals surface area contributed by atoms with Crippen molar-refractivity contribution in [1.82, 2.24) is 5.32 Å². The second kappa shape index (κ2) is 13.8. The highest BCUT2D eigenvalue weighted by atomic mass is 35.5. The predicted molar refractivity (Wildman–Crippen MR) is 157 cm³/mol. The van der Waals surface area contributed by atoms with E-state index in [-0.39, 0.29) is 35.4 Å². The number of halogens is 1. The molecule has 11 heteroatoms. The molecule has 0 fully saturated rings. The monoisotopic (exact) mass is 574 g/mol. The molecule has 210 valence electrons. The Morgan fingerprint density at radius 3 is 2.22 bits per heavy atom. The lowest BCUT2D eigenvalue weighted by molar-refractivity contribution is -0.384. The first kappa shape index (κ1) is 28.9. The lowest BCUT2D eigenvalue weighted by Gasteiger charge is -2.24. The van der Waals surface area contributed by atoms with Crippen molar-refractivity contribution in [2.45, 2.75) is 6.42 Å². The number of benzene rings is 4. The van der Waals surface area contributed by atoms with E-state index in [0.717, 1.165) is 6.07 Å². The van der Waals surface area contributed by atoms with Crippen LogP contribution in [0.1, 0.15) is 16.8 Å². The van der Waals surface area contributed by atoms with Crippen molar-refractivity contribution < 1.29 is 24.0 Å². The zero-order chi connectivity index (χ0) is 29.2. The highest BCUT2D eigenvalue weighted by Gasteiger charge is 2.18. The van der Waals surface area contributed by atoms with E-state index in [2.05, 4.69) is 10.6 Å². The third-order valence-corrected chi connectivity index (χ3v) is 6.28. The van der Waals surface area contributed by atoms with E-state index in [0.29, 0.717) is 35.0 Å². The van der Waals surface area contributed by atoms with Gasteiger partial charge in [-0.25, -0.2) is 4.79 Å². The molecular formula is C30H27ClN4O6. The Bertz CT molecular complexity index is 1500. The summed E-state index contributed by atoms with van der Waals surface area (Å²) in [7, 11) is 1.56. The number of hydrogen-bond donors (Lipinski definition) is 2. The Hall–Kier alpha value is -5.09. The van der Waals surface area contributed by atoms with Gasteiger partial charge in [-0.05, 0) is 79.2 Å². The minimum Gasteiger partial charge on any atom is -0.497 e. The van der Waals surface area contributed by atoms with Gasteiger partial charge in [-0.1, -0.05) is 29.8 Å². The molecule has 0 unspecified atom stereocenters. The molecule has 0 saturated carbocycles. The molecule has 41 heavy (non-hydrogen) atoms. The molecule has 10 nitrogen and oxygen atoms in total. The number of anilines is 2. The highest BCUT2D eigenvalue weighted by molar-refractivity contribution is 6.32. The van der Waals surface area contributed by atoms with E-state index in [4.69, 9.17) is 21.1 Å². The molecule has 0 aliphatic heterocycles. The largest absolute Gasteiger partial charge is 0.497 e. The summed E-state index contributed by atoms with van der Waals surface area (Å²) in [5, 5.41) is 16.7. The van der Waals surface area contributed by atoms with Gasteiger partial charge in [0, 0.05) is 36.1 Å². The molecule has 0 radical (unpaired) electrons. The Labute approximate surface area is 241 Å². The fourth-order valence-electron chi connectivity index (χ4n) is 3.87. The van der Waals surface area contributed by atoms with E-state index in [9.17, 15) is 19.7 Å². The summed E-state index contributed by atoms with van der Waals surface area (Å²) in [6, 6.07) is 26.9. The van der Waals surface area contributed by atoms with Gasteiger partial charge in [-0.3, -0.25) is 19.8 Å². The third kappa shape index (κ3) is 7.96. The smallest absolute Gasteiger partial charge is 0.326 e. The number of para-hydroxylation sites is 1. The molecule has 4 rings (SSSR count). The number of hydrogen-bond acceptors (Lipinski definition) is 6. The summed E-state index contributed by atoms with van der Waals surface area (Å²) in [5.74, 6) is 1.48. The summed E-state index contributed by atoms with van der Waals surface area (Å²) in [6.07, 6.45) is 0.403. The van der Waals surface area contributed by atoms with Gasteiger partial charge in [0.2, 0.25) is 0 Å². The standard InChI is InChI=1S/C30H27ClN4O6/c1-40-24-13-9-22(10-14-24)33-30(37)34(23-11-15-26(16-12-23)41-25-6-3-2-4-7-25)19-5-18-32-29(36)21-8-17-27(31)28(20-21)35(38)39/h2-4,6-17,20H,5,18-19H2,1H3,(H,32,36)(H,33,37). The Kier molecular flexibility index (Phi) is 9.74. The topological polar surface area (TPSA) is 123 Å². The molecule has 3 amide bonds. The molecule has 0 atom stereocenters. The number of rotatable bonds is 11. The van der Waals surface area contributed by atoms with Crippen molar-refractivity contribution in [2.75, 3.05) is 30.4 Å². The maximum absolute atomic E-state index is 13.3. The molecule has 4 aromatic carbocycles. The molecule has 0 aliphatic rings.